The first-order chi connectivity index (χ1) is 14.8. The maximum Gasteiger partial charge on any atom is 0.261 e. The van der Waals surface area contributed by atoms with Gasteiger partial charge >= 0.3 is 0 Å². The minimum Gasteiger partial charge on any atom is -0.342 e. The molecule has 0 fully saturated rings. The van der Waals surface area contributed by atoms with E-state index in [2.05, 4.69) is 20.8 Å². The van der Waals surface area contributed by atoms with Crippen LogP contribution < -0.4 is 10.6 Å². The zero-order valence-corrected chi connectivity index (χ0v) is 19.1. The number of amides is 2. The number of carbonyl (C=O) groups is 2. The quantitative estimate of drug-likeness (QED) is 0.478. The molecular formula is C21H21ClN6O2S. The van der Waals surface area contributed by atoms with Gasteiger partial charge in [0.1, 0.15) is 4.83 Å². The molecule has 10 heteroatoms. The Morgan fingerprint density at radius 3 is 2.55 bits per heavy atom. The predicted octanol–water partition coefficient (Wildman–Crippen LogP) is 3.77. The molecule has 0 unspecified atom stereocenters. The Morgan fingerprint density at radius 2 is 1.87 bits per heavy atom. The number of anilines is 1. The maximum absolute atomic E-state index is 12.7. The highest BCUT2D eigenvalue weighted by atomic mass is 35.5. The Morgan fingerprint density at radius 1 is 1.13 bits per heavy atom. The minimum absolute atomic E-state index is 0.142. The maximum atomic E-state index is 12.7. The number of nitrogens with one attached hydrogen (secondary N) is 2. The lowest BCUT2D eigenvalue weighted by atomic mass is 10.3. The number of benzene rings is 1. The highest BCUT2D eigenvalue weighted by Gasteiger charge is 2.19. The molecule has 0 saturated heterocycles. The highest BCUT2D eigenvalue weighted by Crippen LogP contribution is 2.32. The molecule has 2 N–H and O–H groups in total. The molecule has 3 aromatic heterocycles. The summed E-state index contributed by atoms with van der Waals surface area (Å²) < 4.78 is 3.44. The van der Waals surface area contributed by atoms with Gasteiger partial charge in [0.15, 0.2) is 0 Å². The summed E-state index contributed by atoms with van der Waals surface area (Å²) in [5.41, 5.74) is 3.78. The number of hydrogen-bond acceptors (Lipinski definition) is 5. The second kappa shape index (κ2) is 8.16. The summed E-state index contributed by atoms with van der Waals surface area (Å²) in [7, 11) is 1.81. The average molecular weight is 457 g/mol. The molecule has 31 heavy (non-hydrogen) atoms. The van der Waals surface area contributed by atoms with Crippen LogP contribution in [0.2, 0.25) is 5.02 Å². The molecule has 0 spiro atoms. The molecule has 4 aromatic rings. The van der Waals surface area contributed by atoms with Crippen molar-refractivity contribution in [1.29, 1.82) is 0 Å². The van der Waals surface area contributed by atoms with Crippen LogP contribution >= 0.6 is 22.9 Å². The first kappa shape index (κ1) is 21.1. The van der Waals surface area contributed by atoms with E-state index in [1.807, 2.05) is 46.0 Å². The summed E-state index contributed by atoms with van der Waals surface area (Å²) in [6.07, 6.45) is 0. The normalized spacial score (nSPS) is 11.1. The monoisotopic (exact) mass is 456 g/mol. The van der Waals surface area contributed by atoms with Crippen LogP contribution in [-0.2, 0) is 11.8 Å². The first-order valence-electron chi connectivity index (χ1n) is 9.58. The van der Waals surface area contributed by atoms with Crippen molar-refractivity contribution in [2.45, 2.75) is 20.8 Å². The predicted molar refractivity (Wildman–Crippen MR) is 122 cm³/mol. The van der Waals surface area contributed by atoms with Gasteiger partial charge in [-0.1, -0.05) is 23.7 Å². The van der Waals surface area contributed by atoms with Crippen LogP contribution in [0, 0.1) is 20.8 Å². The number of nitrogens with zero attached hydrogens (tertiary/aromatic N) is 4. The molecule has 0 aliphatic heterocycles. The Bertz CT molecular complexity index is 1320. The number of hydrogen-bond donors (Lipinski definition) is 2. The third-order valence-electron chi connectivity index (χ3n) is 5.03. The lowest BCUT2D eigenvalue weighted by Gasteiger charge is -2.07. The molecule has 8 nitrogen and oxygen atoms in total. The zero-order chi connectivity index (χ0) is 22.3. The van der Waals surface area contributed by atoms with E-state index < -0.39 is 0 Å². The second-order valence-electron chi connectivity index (χ2n) is 7.18. The van der Waals surface area contributed by atoms with Crippen molar-refractivity contribution >= 4 is 50.7 Å². The molecule has 0 aliphatic rings. The van der Waals surface area contributed by atoms with Gasteiger partial charge < -0.3 is 10.6 Å². The van der Waals surface area contributed by atoms with Crippen LogP contribution in [0.25, 0.3) is 15.9 Å². The molecule has 3 heterocycles. The van der Waals surface area contributed by atoms with Crippen molar-refractivity contribution in [1.82, 2.24) is 24.9 Å². The topological polar surface area (TPSA) is 93.8 Å². The number of rotatable bonds is 5. The lowest BCUT2D eigenvalue weighted by molar-refractivity contribution is -0.115. The van der Waals surface area contributed by atoms with Crippen molar-refractivity contribution in [2.24, 2.45) is 7.05 Å². The Hall–Kier alpha value is -3.17. The van der Waals surface area contributed by atoms with Gasteiger partial charge in [-0.15, -0.1) is 11.3 Å². The van der Waals surface area contributed by atoms with Crippen LogP contribution in [0.4, 0.5) is 5.69 Å². The SMILES string of the molecule is Cc1nn(C)c(C)c1NC(=O)CNC(=O)c1cc2c(C)nn(-c3ccccc3Cl)c2s1. The van der Waals surface area contributed by atoms with E-state index >= 15 is 0 Å². The number of aryl methyl sites for hydroxylation is 3. The van der Waals surface area contributed by atoms with Gasteiger partial charge in [0.05, 0.1) is 44.9 Å². The first-order valence-corrected chi connectivity index (χ1v) is 10.8. The van der Waals surface area contributed by atoms with Gasteiger partial charge in [0.25, 0.3) is 5.91 Å². The van der Waals surface area contributed by atoms with E-state index in [0.29, 0.717) is 15.6 Å². The van der Waals surface area contributed by atoms with E-state index in [1.54, 1.807) is 21.5 Å². The number of aromatic nitrogens is 4. The Balaban J connectivity index is 1.50. The third kappa shape index (κ3) is 3.94. The Kier molecular flexibility index (Phi) is 5.55. The fourth-order valence-corrected chi connectivity index (χ4v) is 4.64. The largest absolute Gasteiger partial charge is 0.342 e. The molecule has 4 rings (SSSR count). The summed E-state index contributed by atoms with van der Waals surface area (Å²) >= 11 is 7.63. The molecule has 0 aliphatic carbocycles. The molecule has 0 atom stereocenters. The van der Waals surface area contributed by atoms with Gasteiger partial charge in [0.2, 0.25) is 5.91 Å². The molecular weight excluding hydrogens is 436 g/mol. The van der Waals surface area contributed by atoms with Crippen molar-refractivity contribution in [3.63, 3.8) is 0 Å². The van der Waals surface area contributed by atoms with Gasteiger partial charge in [-0.2, -0.15) is 10.2 Å². The standard InChI is InChI=1S/C21H21ClN6O2S/c1-11-14-9-17(31-21(14)28(26-11)16-8-6-5-7-15(16)22)20(30)23-10-18(29)24-19-12(2)25-27(4)13(19)3/h5-9H,10H2,1-4H3,(H,23,30)(H,24,29). The van der Waals surface area contributed by atoms with Crippen LogP contribution in [0.15, 0.2) is 30.3 Å². The van der Waals surface area contributed by atoms with Gasteiger partial charge in [-0.25, -0.2) is 4.68 Å². The number of thiophene rings is 1. The molecule has 160 valence electrons. The van der Waals surface area contributed by atoms with Crippen LogP contribution in [0.3, 0.4) is 0 Å². The fourth-order valence-electron chi connectivity index (χ4n) is 3.33. The zero-order valence-electron chi connectivity index (χ0n) is 17.5. The van der Waals surface area contributed by atoms with Crippen molar-refractivity contribution in [2.75, 3.05) is 11.9 Å². The molecule has 2 amide bonds. The summed E-state index contributed by atoms with van der Waals surface area (Å²) in [5, 5.41) is 15.8. The number of carbonyl (C=O) groups excluding carboxylic acids is 2. The summed E-state index contributed by atoms with van der Waals surface area (Å²) in [5.74, 6) is -0.631. The van der Waals surface area contributed by atoms with Crippen molar-refractivity contribution < 1.29 is 9.59 Å². The van der Waals surface area contributed by atoms with Crippen molar-refractivity contribution in [3.05, 3.63) is 57.3 Å². The van der Waals surface area contributed by atoms with Crippen LogP contribution in [0.1, 0.15) is 26.8 Å². The fraction of sp³-hybridized carbons (Fsp3) is 0.238. The van der Waals surface area contributed by atoms with E-state index in [0.717, 1.165) is 33.0 Å². The van der Waals surface area contributed by atoms with E-state index in [-0.39, 0.29) is 18.4 Å². The third-order valence-corrected chi connectivity index (χ3v) is 6.46. The van der Waals surface area contributed by atoms with E-state index in [1.165, 1.54) is 11.3 Å². The average Bonchev–Trinajstić information content (AvgIpc) is 3.37. The summed E-state index contributed by atoms with van der Waals surface area (Å²) in [4.78, 5) is 26.3. The van der Waals surface area contributed by atoms with Gasteiger partial charge in [-0.05, 0) is 39.0 Å². The lowest BCUT2D eigenvalue weighted by Crippen LogP contribution is -2.32. The molecule has 1 aromatic carbocycles. The van der Waals surface area contributed by atoms with Crippen LogP contribution in [-0.4, -0.2) is 37.9 Å². The molecule has 0 saturated carbocycles. The number of para-hydroxylation sites is 1. The number of halogens is 1. The number of fused-ring (bicyclic) bond motifs is 1. The molecule has 0 bridgehead atoms. The van der Waals surface area contributed by atoms with Gasteiger partial charge in [0, 0.05) is 12.4 Å². The van der Waals surface area contributed by atoms with Crippen LogP contribution in [0.5, 0.6) is 0 Å². The summed E-state index contributed by atoms with van der Waals surface area (Å²) in [6, 6.07) is 9.20. The summed E-state index contributed by atoms with van der Waals surface area (Å²) in [6.45, 7) is 5.44. The molecule has 0 radical (unpaired) electrons. The second-order valence-corrected chi connectivity index (χ2v) is 8.62. The van der Waals surface area contributed by atoms with E-state index in [9.17, 15) is 9.59 Å². The highest BCUT2D eigenvalue weighted by molar-refractivity contribution is 7.20. The van der Waals surface area contributed by atoms with Gasteiger partial charge in [-0.3, -0.25) is 14.3 Å². The van der Waals surface area contributed by atoms with E-state index in [4.69, 9.17) is 11.6 Å². The Labute approximate surface area is 187 Å². The minimum atomic E-state index is -0.318. The smallest absolute Gasteiger partial charge is 0.261 e. The van der Waals surface area contributed by atoms with Crippen molar-refractivity contribution in [3.8, 4) is 5.69 Å².